The molecule has 0 saturated heterocycles. The minimum absolute atomic E-state index is 0.250. The fraction of sp³-hybridized carbons (Fsp3) is 0.571. The van der Waals surface area contributed by atoms with Crippen LogP contribution in [0.15, 0.2) is 30.3 Å². The summed E-state index contributed by atoms with van der Waals surface area (Å²) >= 11 is 0. The summed E-state index contributed by atoms with van der Waals surface area (Å²) in [6.45, 7) is 5.06. The van der Waals surface area contributed by atoms with Crippen molar-refractivity contribution in [2.24, 2.45) is 5.92 Å². The van der Waals surface area contributed by atoms with Crippen LogP contribution in [0.25, 0.3) is 0 Å². The fourth-order valence-corrected chi connectivity index (χ4v) is 2.66. The molecule has 0 aliphatic carbocycles. The van der Waals surface area contributed by atoms with E-state index in [2.05, 4.69) is 31.3 Å². The molecule has 102 valence electrons. The monoisotopic (exact) mass is 269 g/mol. The summed E-state index contributed by atoms with van der Waals surface area (Å²) in [5.74, 6) is 0.727. The lowest BCUT2D eigenvalue weighted by Gasteiger charge is -2.23. The van der Waals surface area contributed by atoms with Crippen molar-refractivity contribution in [3.8, 4) is 0 Å². The summed E-state index contributed by atoms with van der Waals surface area (Å²) in [7, 11) is -2.85. The molecule has 0 aliphatic heterocycles. The number of nitrogens with one attached hydrogen (secondary N) is 1. The van der Waals surface area contributed by atoms with E-state index in [1.165, 1.54) is 11.8 Å². The highest BCUT2D eigenvalue weighted by molar-refractivity contribution is 7.90. The number of benzene rings is 1. The van der Waals surface area contributed by atoms with E-state index in [1.54, 1.807) is 0 Å². The third-order valence-corrected chi connectivity index (χ3v) is 3.91. The van der Waals surface area contributed by atoms with Crippen LogP contribution in [0.4, 0.5) is 0 Å². The van der Waals surface area contributed by atoms with Crippen molar-refractivity contribution in [3.05, 3.63) is 35.9 Å². The Hall–Kier alpha value is -0.870. The lowest BCUT2D eigenvalue weighted by Crippen LogP contribution is -2.27. The summed E-state index contributed by atoms with van der Waals surface area (Å²) in [4.78, 5) is 0. The van der Waals surface area contributed by atoms with Crippen LogP contribution in [-0.2, 0) is 9.84 Å². The van der Waals surface area contributed by atoms with E-state index in [9.17, 15) is 8.42 Å². The van der Waals surface area contributed by atoms with Crippen molar-refractivity contribution >= 4 is 9.84 Å². The summed E-state index contributed by atoms with van der Waals surface area (Å²) in [5.41, 5.74) is 1.26. The third-order valence-electron chi connectivity index (χ3n) is 2.88. The van der Waals surface area contributed by atoms with Crippen molar-refractivity contribution in [2.45, 2.75) is 26.3 Å². The highest BCUT2D eigenvalue weighted by Gasteiger charge is 2.14. The molecule has 1 atom stereocenters. The molecule has 1 aromatic rings. The van der Waals surface area contributed by atoms with E-state index in [-0.39, 0.29) is 11.8 Å². The van der Waals surface area contributed by atoms with E-state index in [0.29, 0.717) is 12.3 Å². The second-order valence-corrected chi connectivity index (χ2v) is 7.33. The van der Waals surface area contributed by atoms with Crippen molar-refractivity contribution in [2.75, 3.05) is 18.6 Å². The van der Waals surface area contributed by atoms with Gasteiger partial charge in [-0.3, -0.25) is 0 Å². The van der Waals surface area contributed by atoms with Gasteiger partial charge in [-0.15, -0.1) is 0 Å². The molecule has 0 heterocycles. The molecule has 0 aromatic heterocycles. The standard InChI is InChI=1S/C14H23NO2S/c1-12(2)14(13-8-5-4-6-9-13)15-10-7-11-18(3,16)17/h4-6,8-9,12,14-15H,7,10-11H2,1-3H3. The first-order chi connectivity index (χ1) is 8.40. The van der Waals surface area contributed by atoms with Gasteiger partial charge in [-0.25, -0.2) is 8.42 Å². The molecule has 0 spiro atoms. The van der Waals surface area contributed by atoms with Gasteiger partial charge in [0.15, 0.2) is 0 Å². The molecule has 1 N–H and O–H groups in total. The summed E-state index contributed by atoms with van der Waals surface area (Å²) < 4.78 is 22.1. The van der Waals surface area contributed by atoms with Crippen molar-refractivity contribution in [1.82, 2.24) is 5.32 Å². The minimum atomic E-state index is -2.85. The van der Waals surface area contributed by atoms with Gasteiger partial charge in [-0.1, -0.05) is 44.2 Å². The first-order valence-electron chi connectivity index (χ1n) is 6.36. The predicted octanol–water partition coefficient (Wildman–Crippen LogP) is 2.41. The molecule has 1 aromatic carbocycles. The number of hydrogen-bond acceptors (Lipinski definition) is 3. The predicted molar refractivity (Wildman–Crippen MR) is 76.4 cm³/mol. The Morgan fingerprint density at radius 2 is 1.78 bits per heavy atom. The lowest BCUT2D eigenvalue weighted by molar-refractivity contribution is 0.413. The molecular weight excluding hydrogens is 246 g/mol. The van der Waals surface area contributed by atoms with Gasteiger partial charge < -0.3 is 5.32 Å². The van der Waals surface area contributed by atoms with Gasteiger partial charge in [0.05, 0.1) is 5.75 Å². The van der Waals surface area contributed by atoms with Crippen molar-refractivity contribution in [3.63, 3.8) is 0 Å². The molecule has 1 rings (SSSR count). The normalized spacial score (nSPS) is 13.8. The van der Waals surface area contributed by atoms with Crippen LogP contribution in [0, 0.1) is 5.92 Å². The molecule has 0 fully saturated rings. The van der Waals surface area contributed by atoms with Crippen LogP contribution in [0.5, 0.6) is 0 Å². The molecule has 0 radical (unpaired) electrons. The zero-order valence-electron chi connectivity index (χ0n) is 11.4. The molecule has 0 bridgehead atoms. The first-order valence-corrected chi connectivity index (χ1v) is 8.42. The van der Waals surface area contributed by atoms with Gasteiger partial charge in [0.25, 0.3) is 0 Å². The number of rotatable bonds is 7. The van der Waals surface area contributed by atoms with Crippen LogP contribution in [-0.4, -0.2) is 27.0 Å². The quantitative estimate of drug-likeness (QED) is 0.773. The van der Waals surface area contributed by atoms with Gasteiger partial charge >= 0.3 is 0 Å². The van der Waals surface area contributed by atoms with Crippen molar-refractivity contribution < 1.29 is 8.42 Å². The second-order valence-electron chi connectivity index (χ2n) is 5.07. The van der Waals surface area contributed by atoms with E-state index in [1.807, 2.05) is 18.2 Å². The topological polar surface area (TPSA) is 46.2 Å². The Labute approximate surface area is 111 Å². The first kappa shape index (κ1) is 15.2. The Bertz CT molecular complexity index is 440. The Morgan fingerprint density at radius 3 is 2.28 bits per heavy atom. The van der Waals surface area contributed by atoms with E-state index < -0.39 is 9.84 Å². The van der Waals surface area contributed by atoms with Crippen LogP contribution in [0.2, 0.25) is 0 Å². The van der Waals surface area contributed by atoms with Gasteiger partial charge in [0, 0.05) is 12.3 Å². The molecule has 1 unspecified atom stereocenters. The summed E-state index contributed by atoms with van der Waals surface area (Å²) in [6, 6.07) is 10.6. The largest absolute Gasteiger partial charge is 0.310 e. The lowest BCUT2D eigenvalue weighted by atomic mass is 9.96. The fourth-order valence-electron chi connectivity index (χ4n) is 1.99. The molecule has 0 saturated carbocycles. The Balaban J connectivity index is 2.50. The smallest absolute Gasteiger partial charge is 0.147 e. The van der Waals surface area contributed by atoms with E-state index >= 15 is 0 Å². The van der Waals surface area contributed by atoms with E-state index in [4.69, 9.17) is 0 Å². The Morgan fingerprint density at radius 1 is 1.17 bits per heavy atom. The van der Waals surface area contributed by atoms with Crippen LogP contribution in [0.1, 0.15) is 31.9 Å². The summed E-state index contributed by atoms with van der Waals surface area (Å²) in [5, 5.41) is 3.44. The molecule has 4 heteroatoms. The molecule has 18 heavy (non-hydrogen) atoms. The molecule has 0 amide bonds. The molecular formula is C14H23NO2S. The van der Waals surface area contributed by atoms with Gasteiger partial charge in [-0.05, 0) is 24.4 Å². The number of sulfone groups is 1. The van der Waals surface area contributed by atoms with E-state index in [0.717, 1.165) is 6.54 Å². The van der Waals surface area contributed by atoms with Gasteiger partial charge in [0.1, 0.15) is 9.84 Å². The maximum Gasteiger partial charge on any atom is 0.147 e. The van der Waals surface area contributed by atoms with Crippen LogP contribution >= 0.6 is 0 Å². The van der Waals surface area contributed by atoms with Crippen LogP contribution in [0.3, 0.4) is 0 Å². The third kappa shape index (κ3) is 5.65. The van der Waals surface area contributed by atoms with Gasteiger partial charge in [0.2, 0.25) is 0 Å². The highest BCUT2D eigenvalue weighted by atomic mass is 32.2. The van der Waals surface area contributed by atoms with Crippen LogP contribution < -0.4 is 5.32 Å². The molecule has 3 nitrogen and oxygen atoms in total. The number of hydrogen-bond donors (Lipinski definition) is 1. The minimum Gasteiger partial charge on any atom is -0.310 e. The Kier molecular flexibility index (Phi) is 5.82. The molecule has 0 aliphatic rings. The second kappa shape index (κ2) is 6.90. The average Bonchev–Trinajstić information content (AvgIpc) is 2.28. The summed E-state index contributed by atoms with van der Waals surface area (Å²) in [6.07, 6.45) is 1.94. The zero-order chi connectivity index (χ0) is 13.6. The van der Waals surface area contributed by atoms with Gasteiger partial charge in [-0.2, -0.15) is 0 Å². The average molecular weight is 269 g/mol. The maximum atomic E-state index is 11.1. The highest BCUT2D eigenvalue weighted by Crippen LogP contribution is 2.20. The van der Waals surface area contributed by atoms with Crippen molar-refractivity contribution in [1.29, 1.82) is 0 Å². The SMILES string of the molecule is CC(C)C(NCCCS(C)(=O)=O)c1ccccc1. The zero-order valence-corrected chi connectivity index (χ0v) is 12.2. The maximum absolute atomic E-state index is 11.1.